The normalized spacial score (nSPS) is 18.3. The summed E-state index contributed by atoms with van der Waals surface area (Å²) in [4.78, 5) is 50.1. The van der Waals surface area contributed by atoms with Gasteiger partial charge in [-0.2, -0.15) is 0 Å². The Kier molecular flexibility index (Phi) is 15.0. The lowest BCUT2D eigenvalue weighted by atomic mass is 9.77. The number of nitrogens with zero attached hydrogens (tertiary/aromatic N) is 3. The second-order valence-corrected chi connectivity index (χ2v) is 22.6. The molecule has 1 aliphatic heterocycles. The molecule has 4 atom stereocenters. The van der Waals surface area contributed by atoms with Crippen LogP contribution in [-0.2, 0) is 37.4 Å². The molecule has 8 aromatic rings. The third kappa shape index (κ3) is 10.2. The number of alkyl carbamates (subject to hydrolysis) is 1. The molecule has 3 aliphatic carbocycles. The van der Waals surface area contributed by atoms with Gasteiger partial charge < -0.3 is 33.2 Å². The lowest BCUT2D eigenvalue weighted by Gasteiger charge is -2.37. The summed E-state index contributed by atoms with van der Waals surface area (Å²) >= 11 is 7.17. The third-order valence-corrected chi connectivity index (χ3v) is 17.7. The molecule has 3 fully saturated rings. The zero-order valence-electron chi connectivity index (χ0n) is 44.5. The summed E-state index contributed by atoms with van der Waals surface area (Å²) in [5.41, 5.74) is 8.62. The number of fused-ring (bicyclic) bond motifs is 5. The molecule has 1 saturated heterocycles. The van der Waals surface area contributed by atoms with Crippen molar-refractivity contribution < 1.29 is 37.7 Å². The highest BCUT2D eigenvalue weighted by Gasteiger charge is 2.48. The Bertz CT molecular complexity index is 3450. The molecule has 12 nitrogen and oxygen atoms in total. The van der Waals surface area contributed by atoms with Crippen LogP contribution < -0.4 is 14.8 Å². The first kappa shape index (κ1) is 52.5. The first-order chi connectivity index (χ1) is 39.2. The van der Waals surface area contributed by atoms with E-state index in [1.165, 1.54) is 18.2 Å². The fourth-order valence-corrected chi connectivity index (χ4v) is 14.0. The van der Waals surface area contributed by atoms with Gasteiger partial charge in [-0.3, -0.25) is 9.69 Å². The molecule has 4 aliphatic rings. The summed E-state index contributed by atoms with van der Waals surface area (Å²) < 4.78 is 32.6. The van der Waals surface area contributed by atoms with Crippen molar-refractivity contribution in [1.29, 1.82) is 0 Å². The van der Waals surface area contributed by atoms with E-state index in [9.17, 15) is 14.4 Å². The van der Waals surface area contributed by atoms with Crippen molar-refractivity contribution in [2.75, 3.05) is 27.4 Å². The zero-order chi connectivity index (χ0) is 54.7. The summed E-state index contributed by atoms with van der Waals surface area (Å²) in [5.74, 6) is 2.43. The van der Waals surface area contributed by atoms with Crippen LogP contribution in [0.4, 0.5) is 4.79 Å². The number of rotatable bonds is 19. The van der Waals surface area contributed by atoms with Gasteiger partial charge in [-0.15, -0.1) is 0 Å². The van der Waals surface area contributed by atoms with Crippen molar-refractivity contribution in [1.82, 2.24) is 19.8 Å². The monoisotopic (exact) mass is 1100 g/mol. The number of thiocarbonyl (C=S) groups is 1. The van der Waals surface area contributed by atoms with E-state index in [1.807, 2.05) is 108 Å². The fraction of sp³-hybridized carbons (Fsp3) is 0.258. The number of imidazole rings is 1. The van der Waals surface area contributed by atoms with Gasteiger partial charge >= 0.3 is 12.1 Å². The highest BCUT2D eigenvalue weighted by atomic mass is 32.2. The molecule has 404 valence electrons. The molecular formula is C66H60N4O8S2. The van der Waals surface area contributed by atoms with Crippen LogP contribution in [0, 0.1) is 11.8 Å². The zero-order valence-corrected chi connectivity index (χ0v) is 46.1. The van der Waals surface area contributed by atoms with Crippen molar-refractivity contribution in [2.24, 2.45) is 11.8 Å². The number of ether oxygens (including phenoxy) is 4. The molecule has 3 unspecified atom stereocenters. The van der Waals surface area contributed by atoms with Gasteiger partial charge in [0, 0.05) is 42.3 Å². The van der Waals surface area contributed by atoms with E-state index in [1.54, 1.807) is 32.7 Å². The number of aromatic nitrogens is 2. The maximum Gasteiger partial charge on any atom is 0.407 e. The van der Waals surface area contributed by atoms with E-state index >= 15 is 0 Å². The summed E-state index contributed by atoms with van der Waals surface area (Å²) in [6, 6.07) is 53.5. The Morgan fingerprint density at radius 3 is 1.99 bits per heavy atom. The molecule has 0 spiro atoms. The Labute approximate surface area is 475 Å². The number of hydrogen-bond donors (Lipinski definition) is 1. The van der Waals surface area contributed by atoms with Gasteiger partial charge in [-0.25, -0.2) is 14.6 Å². The maximum absolute atomic E-state index is 14.6. The molecule has 2 bridgehead atoms. The van der Waals surface area contributed by atoms with E-state index in [-0.39, 0.29) is 37.5 Å². The summed E-state index contributed by atoms with van der Waals surface area (Å²) in [5, 5.41) is 2.89. The van der Waals surface area contributed by atoms with E-state index < -0.39 is 23.6 Å². The van der Waals surface area contributed by atoms with Gasteiger partial charge in [0.15, 0.2) is 0 Å². The van der Waals surface area contributed by atoms with Gasteiger partial charge in [0.05, 0.1) is 37.8 Å². The molecule has 14 heteroatoms. The minimum atomic E-state index is -1.18. The molecule has 2 aromatic heterocycles. The van der Waals surface area contributed by atoms with E-state index in [4.69, 9.17) is 40.6 Å². The number of benzene rings is 6. The van der Waals surface area contributed by atoms with Crippen LogP contribution in [0.1, 0.15) is 82.9 Å². The molecule has 2 saturated carbocycles. The van der Waals surface area contributed by atoms with Crippen LogP contribution in [0.3, 0.4) is 0 Å². The van der Waals surface area contributed by atoms with Crippen LogP contribution in [0.15, 0.2) is 186 Å². The van der Waals surface area contributed by atoms with Crippen LogP contribution in [0.2, 0.25) is 0 Å². The second kappa shape index (κ2) is 22.9. The Hall–Kier alpha value is -8.20. The number of esters is 1. The second-order valence-electron chi connectivity index (χ2n) is 21.0. The molecule has 12 rings (SSSR count). The Morgan fingerprint density at radius 2 is 1.40 bits per heavy atom. The van der Waals surface area contributed by atoms with Crippen LogP contribution in [0.5, 0.6) is 11.5 Å². The highest BCUT2D eigenvalue weighted by Crippen LogP contribution is 2.50. The fourth-order valence-electron chi connectivity index (χ4n) is 12.6. The maximum atomic E-state index is 14.6. The molecule has 6 aromatic carbocycles. The van der Waals surface area contributed by atoms with Gasteiger partial charge in [-0.1, -0.05) is 170 Å². The largest absolute Gasteiger partial charge is 0.497 e. The lowest BCUT2D eigenvalue weighted by Crippen LogP contribution is -2.44. The first-order valence-corrected chi connectivity index (χ1v) is 28.5. The van der Waals surface area contributed by atoms with Crippen molar-refractivity contribution >= 4 is 52.3 Å². The van der Waals surface area contributed by atoms with Gasteiger partial charge in [0.25, 0.3) is 5.91 Å². The number of nitrogens with one attached hydrogen (secondary N) is 1. The Balaban J connectivity index is 0.813. The topological polar surface area (TPSA) is 134 Å². The predicted molar refractivity (Wildman–Crippen MR) is 313 cm³/mol. The van der Waals surface area contributed by atoms with E-state index in [2.05, 4.69) is 70.5 Å². The van der Waals surface area contributed by atoms with Crippen molar-refractivity contribution in [3.05, 3.63) is 226 Å². The van der Waals surface area contributed by atoms with E-state index in [0.717, 1.165) is 69.3 Å². The standard InChI is InChI=1S/C66H60N4O8S2/c1-74-50-33-45(34-51(37-50)75-2)59-35-44(60(78-59)38-61-62(71)70(65(79)80-61)58-32-42-28-29-43(58)31-42)17-16-30-76-63(72)57(68-64(73)77-40-56-54-26-14-12-24-52(54)53-25-13-15-27-55(53)56)36-49-39-69(41-67-49)66(46-18-6-3-7-19-46,47-20-8-4-9-21-47)48-22-10-5-11-23-48/h3-15,18-27,33-35,37-39,41-43,56-58H,16-17,28-32,36,40H2,1-2H3,(H,68,73)/b61-38-/t42?,43?,57-,58?/m0/s1. The van der Waals surface area contributed by atoms with E-state index in [0.29, 0.717) is 62.6 Å². The smallest absolute Gasteiger partial charge is 0.407 e. The third-order valence-electron chi connectivity index (χ3n) is 16.4. The summed E-state index contributed by atoms with van der Waals surface area (Å²) in [6.45, 7) is 0.0712. The van der Waals surface area contributed by atoms with Crippen LogP contribution in [0.25, 0.3) is 28.5 Å². The Morgan fingerprint density at radius 1 is 0.787 bits per heavy atom. The van der Waals surface area contributed by atoms with Gasteiger partial charge in [-0.05, 0) is 107 Å². The number of carbonyl (C=O) groups excluding carboxylic acids is 3. The van der Waals surface area contributed by atoms with Gasteiger partial charge in [0.1, 0.15) is 45.5 Å². The molecular weight excluding hydrogens is 1040 g/mol. The minimum Gasteiger partial charge on any atom is -0.497 e. The number of amides is 2. The minimum absolute atomic E-state index is 0.00409. The number of methoxy groups -OCH3 is 2. The van der Waals surface area contributed by atoms with Crippen LogP contribution >= 0.6 is 24.0 Å². The van der Waals surface area contributed by atoms with Crippen molar-refractivity contribution in [3.63, 3.8) is 0 Å². The average molecular weight is 1100 g/mol. The van der Waals surface area contributed by atoms with Crippen molar-refractivity contribution in [2.45, 2.75) is 68.5 Å². The van der Waals surface area contributed by atoms with Gasteiger partial charge in [0.2, 0.25) is 0 Å². The van der Waals surface area contributed by atoms with Crippen LogP contribution in [-0.4, -0.2) is 76.3 Å². The highest BCUT2D eigenvalue weighted by molar-refractivity contribution is 8.26. The number of hydrogen-bond acceptors (Lipinski definition) is 11. The quantitative estimate of drug-likeness (QED) is 0.0273. The number of carbonyl (C=O) groups is 3. The lowest BCUT2D eigenvalue weighted by molar-refractivity contribution is -0.146. The SMILES string of the molecule is COc1cc(OC)cc(-c2cc(CCCOC(=O)[C@H](Cc3cn(C(c4ccccc4)(c4ccccc4)c4ccccc4)cn3)NC(=O)OCC3c4ccccc4-c4ccccc43)c(/C=C3\SC(=S)N(C4CC5CCC4C5)C3=O)o2)c1. The summed E-state index contributed by atoms with van der Waals surface area (Å²) in [6.07, 6.45) is 10.1. The number of aryl methyl sites for hydroxylation is 1. The predicted octanol–water partition coefficient (Wildman–Crippen LogP) is 13.0. The summed E-state index contributed by atoms with van der Waals surface area (Å²) in [7, 11) is 3.19. The van der Waals surface area contributed by atoms with Crippen molar-refractivity contribution in [3.8, 4) is 33.9 Å². The molecule has 0 radical (unpaired) electrons. The first-order valence-electron chi connectivity index (χ1n) is 27.3. The number of furan rings is 1. The molecule has 3 heterocycles. The molecule has 80 heavy (non-hydrogen) atoms. The molecule has 2 amide bonds. The average Bonchev–Trinajstić information content (AvgIpc) is 4.46. The molecule has 1 N–H and O–H groups in total. The number of thioether (sulfide) groups is 1.